The molecule has 0 saturated heterocycles. The predicted molar refractivity (Wildman–Crippen MR) is 39.1 cm³/mol. The van der Waals surface area contributed by atoms with E-state index < -0.39 is 12.3 Å². The van der Waals surface area contributed by atoms with Crippen LogP contribution in [0.25, 0.3) is 0 Å². The van der Waals surface area contributed by atoms with Crippen LogP contribution >= 0.6 is 0 Å². The third-order valence-corrected chi connectivity index (χ3v) is 1.34. The fourth-order valence-electron chi connectivity index (χ4n) is 0.604. The lowest BCUT2D eigenvalue weighted by Crippen LogP contribution is -2.35. The Morgan fingerprint density at radius 2 is 1.70 bits per heavy atom. The number of hydrogen-bond donors (Lipinski definition) is 4. The Morgan fingerprint density at radius 3 is 2.00 bits per heavy atom. The lowest BCUT2D eigenvalue weighted by atomic mass is 10.1. The van der Waals surface area contributed by atoms with E-state index in [2.05, 4.69) is 0 Å². The molecule has 0 aliphatic rings. The van der Waals surface area contributed by atoms with Gasteiger partial charge in [0.25, 0.3) is 0 Å². The van der Waals surface area contributed by atoms with E-state index in [1.165, 1.54) is 0 Å². The van der Waals surface area contributed by atoms with Crippen molar-refractivity contribution >= 4 is 0 Å². The summed E-state index contributed by atoms with van der Waals surface area (Å²) in [4.78, 5) is 0. The second-order valence-electron chi connectivity index (χ2n) is 2.63. The van der Waals surface area contributed by atoms with Crippen molar-refractivity contribution in [2.45, 2.75) is 38.1 Å². The SMILES string of the molecule is CC(N)CCC(N)C(O)O. The second-order valence-corrected chi connectivity index (χ2v) is 2.63. The topological polar surface area (TPSA) is 92.5 Å². The fourth-order valence-corrected chi connectivity index (χ4v) is 0.604. The number of nitrogens with two attached hydrogens (primary N) is 2. The molecule has 2 atom stereocenters. The van der Waals surface area contributed by atoms with Gasteiger partial charge in [-0.2, -0.15) is 0 Å². The Morgan fingerprint density at radius 1 is 1.20 bits per heavy atom. The Hall–Kier alpha value is -0.160. The quantitative estimate of drug-likeness (QED) is 0.375. The van der Waals surface area contributed by atoms with E-state index in [1.54, 1.807) is 0 Å². The summed E-state index contributed by atoms with van der Waals surface area (Å²) in [7, 11) is 0. The van der Waals surface area contributed by atoms with Crippen LogP contribution in [-0.2, 0) is 0 Å². The van der Waals surface area contributed by atoms with Gasteiger partial charge in [0.2, 0.25) is 0 Å². The summed E-state index contributed by atoms with van der Waals surface area (Å²) in [5, 5.41) is 17.0. The summed E-state index contributed by atoms with van der Waals surface area (Å²) < 4.78 is 0. The fraction of sp³-hybridized carbons (Fsp3) is 1.00. The average Bonchev–Trinajstić information content (AvgIpc) is 1.82. The largest absolute Gasteiger partial charge is 0.367 e. The van der Waals surface area contributed by atoms with Crippen molar-refractivity contribution in [2.75, 3.05) is 0 Å². The summed E-state index contributed by atoms with van der Waals surface area (Å²) in [5.41, 5.74) is 10.7. The number of aliphatic hydroxyl groups is 2. The minimum absolute atomic E-state index is 0.0739. The van der Waals surface area contributed by atoms with Gasteiger partial charge in [0, 0.05) is 6.04 Å². The van der Waals surface area contributed by atoms with E-state index in [1.807, 2.05) is 6.92 Å². The number of aliphatic hydroxyl groups excluding tert-OH is 1. The summed E-state index contributed by atoms with van der Waals surface area (Å²) in [6.45, 7) is 1.86. The van der Waals surface area contributed by atoms with E-state index >= 15 is 0 Å². The Kier molecular flexibility index (Phi) is 4.55. The van der Waals surface area contributed by atoms with Crippen LogP contribution in [0.15, 0.2) is 0 Å². The van der Waals surface area contributed by atoms with Crippen LogP contribution in [0.3, 0.4) is 0 Å². The predicted octanol–water partition coefficient (Wildman–Crippen LogP) is -1.25. The van der Waals surface area contributed by atoms with Gasteiger partial charge < -0.3 is 21.7 Å². The van der Waals surface area contributed by atoms with Crippen molar-refractivity contribution in [1.29, 1.82) is 0 Å². The molecule has 0 radical (unpaired) electrons. The molecule has 0 bridgehead atoms. The zero-order chi connectivity index (χ0) is 8.15. The smallest absolute Gasteiger partial charge is 0.166 e. The molecule has 62 valence electrons. The molecule has 0 heterocycles. The molecule has 0 spiro atoms. The van der Waals surface area contributed by atoms with Crippen molar-refractivity contribution in [2.24, 2.45) is 11.5 Å². The maximum Gasteiger partial charge on any atom is 0.166 e. The molecule has 0 aliphatic heterocycles. The van der Waals surface area contributed by atoms with Crippen LogP contribution in [0.4, 0.5) is 0 Å². The standard InChI is InChI=1S/C6H16N2O2/c1-4(7)2-3-5(8)6(9)10/h4-6,9-10H,2-3,7-8H2,1H3. The second kappa shape index (κ2) is 4.62. The van der Waals surface area contributed by atoms with Gasteiger partial charge in [0.1, 0.15) is 0 Å². The average molecular weight is 148 g/mol. The van der Waals surface area contributed by atoms with Crippen molar-refractivity contribution in [1.82, 2.24) is 0 Å². The zero-order valence-corrected chi connectivity index (χ0v) is 6.20. The highest BCUT2D eigenvalue weighted by Gasteiger charge is 2.10. The van der Waals surface area contributed by atoms with Gasteiger partial charge in [-0.3, -0.25) is 0 Å². The molecule has 6 N–H and O–H groups in total. The molecule has 4 nitrogen and oxygen atoms in total. The first-order valence-corrected chi connectivity index (χ1v) is 3.41. The zero-order valence-electron chi connectivity index (χ0n) is 6.20. The molecular weight excluding hydrogens is 132 g/mol. The minimum atomic E-state index is -1.42. The van der Waals surface area contributed by atoms with Gasteiger partial charge >= 0.3 is 0 Å². The van der Waals surface area contributed by atoms with Crippen LogP contribution in [0.2, 0.25) is 0 Å². The normalized spacial score (nSPS) is 17.4. The molecule has 0 aromatic heterocycles. The molecule has 0 aromatic rings. The monoisotopic (exact) mass is 148 g/mol. The molecule has 0 aliphatic carbocycles. The summed E-state index contributed by atoms with van der Waals surface area (Å²) in [5.74, 6) is 0. The third-order valence-electron chi connectivity index (χ3n) is 1.34. The number of hydrogen-bond acceptors (Lipinski definition) is 4. The van der Waals surface area contributed by atoms with Gasteiger partial charge in [0.05, 0.1) is 6.04 Å². The Labute approximate surface area is 60.8 Å². The molecule has 4 heteroatoms. The number of rotatable bonds is 4. The maximum absolute atomic E-state index is 8.52. The third kappa shape index (κ3) is 4.69. The minimum Gasteiger partial charge on any atom is -0.367 e. The van der Waals surface area contributed by atoms with Crippen LogP contribution in [-0.4, -0.2) is 28.6 Å². The van der Waals surface area contributed by atoms with Crippen LogP contribution in [0, 0.1) is 0 Å². The highest BCUT2D eigenvalue weighted by atomic mass is 16.5. The Bertz CT molecular complexity index is 85.8. The van der Waals surface area contributed by atoms with E-state index in [9.17, 15) is 0 Å². The molecule has 10 heavy (non-hydrogen) atoms. The van der Waals surface area contributed by atoms with E-state index in [0.29, 0.717) is 6.42 Å². The van der Waals surface area contributed by atoms with Gasteiger partial charge in [-0.15, -0.1) is 0 Å². The molecule has 0 rings (SSSR count). The maximum atomic E-state index is 8.52. The van der Waals surface area contributed by atoms with Gasteiger partial charge in [-0.1, -0.05) is 0 Å². The van der Waals surface area contributed by atoms with E-state index in [0.717, 1.165) is 6.42 Å². The van der Waals surface area contributed by atoms with E-state index in [-0.39, 0.29) is 6.04 Å². The van der Waals surface area contributed by atoms with Gasteiger partial charge in [-0.25, -0.2) is 0 Å². The molecule has 0 aromatic carbocycles. The molecule has 0 fully saturated rings. The van der Waals surface area contributed by atoms with Crippen molar-refractivity contribution < 1.29 is 10.2 Å². The molecule has 0 amide bonds. The summed E-state index contributed by atoms with van der Waals surface area (Å²) in [6, 6.07) is -0.490. The van der Waals surface area contributed by atoms with Crippen molar-refractivity contribution in [3.63, 3.8) is 0 Å². The van der Waals surface area contributed by atoms with Crippen molar-refractivity contribution in [3.05, 3.63) is 0 Å². The van der Waals surface area contributed by atoms with Crippen LogP contribution < -0.4 is 11.5 Å². The van der Waals surface area contributed by atoms with Crippen LogP contribution in [0.1, 0.15) is 19.8 Å². The lowest BCUT2D eigenvalue weighted by Gasteiger charge is -2.14. The Balaban J connectivity index is 3.30. The van der Waals surface area contributed by atoms with Gasteiger partial charge in [0.15, 0.2) is 6.29 Å². The van der Waals surface area contributed by atoms with Crippen molar-refractivity contribution in [3.8, 4) is 0 Å². The summed E-state index contributed by atoms with van der Waals surface area (Å²) >= 11 is 0. The highest BCUT2D eigenvalue weighted by molar-refractivity contribution is 4.65. The first-order valence-electron chi connectivity index (χ1n) is 3.41. The highest BCUT2D eigenvalue weighted by Crippen LogP contribution is 1.99. The van der Waals surface area contributed by atoms with Gasteiger partial charge in [-0.05, 0) is 19.8 Å². The lowest BCUT2D eigenvalue weighted by molar-refractivity contribution is -0.0600. The first-order chi connectivity index (χ1) is 4.54. The molecular formula is C6H16N2O2. The molecule has 2 unspecified atom stereocenters. The molecule has 0 saturated carbocycles. The van der Waals surface area contributed by atoms with Crippen LogP contribution in [0.5, 0.6) is 0 Å². The first kappa shape index (κ1) is 9.84. The summed E-state index contributed by atoms with van der Waals surface area (Å²) in [6.07, 6.45) is -0.146. The van der Waals surface area contributed by atoms with E-state index in [4.69, 9.17) is 21.7 Å².